The third-order valence-corrected chi connectivity index (χ3v) is 5.43. The van der Waals surface area contributed by atoms with Crippen LogP contribution in [0.3, 0.4) is 0 Å². The Bertz CT molecular complexity index is 832. The fraction of sp³-hybridized carbons (Fsp3) is 0.350. The van der Waals surface area contributed by atoms with E-state index in [4.69, 9.17) is 32.7 Å². The van der Waals surface area contributed by atoms with Crippen molar-refractivity contribution < 1.29 is 14.3 Å². The topological polar surface area (TPSA) is 47.6 Å². The van der Waals surface area contributed by atoms with E-state index in [0.717, 1.165) is 30.4 Å². The minimum absolute atomic E-state index is 0.0306. The summed E-state index contributed by atoms with van der Waals surface area (Å²) >= 11 is 12.3. The molecular weight excluding hydrogens is 373 g/mol. The van der Waals surface area contributed by atoms with Crippen LogP contribution in [0.4, 0.5) is 0 Å². The summed E-state index contributed by atoms with van der Waals surface area (Å²) in [5.74, 6) is 1.25. The Kier molecular flexibility index (Phi) is 4.72. The van der Waals surface area contributed by atoms with Crippen LogP contribution < -0.4 is 14.8 Å². The lowest BCUT2D eigenvalue weighted by Gasteiger charge is -2.17. The molecule has 1 amide bonds. The summed E-state index contributed by atoms with van der Waals surface area (Å²) in [4.78, 5) is 12.8. The molecule has 0 aromatic heterocycles. The Labute approximate surface area is 162 Å². The van der Waals surface area contributed by atoms with Crippen LogP contribution in [0.2, 0.25) is 10.0 Å². The number of hydrogen-bond acceptors (Lipinski definition) is 3. The molecule has 1 aliphatic heterocycles. The second kappa shape index (κ2) is 7.01. The van der Waals surface area contributed by atoms with E-state index in [9.17, 15) is 4.79 Å². The highest BCUT2D eigenvalue weighted by Crippen LogP contribution is 2.48. The Hall–Kier alpha value is -1.91. The van der Waals surface area contributed by atoms with Gasteiger partial charge in [0.25, 0.3) is 0 Å². The van der Waals surface area contributed by atoms with E-state index in [-0.39, 0.29) is 5.91 Å². The minimum Gasteiger partial charge on any atom is -0.489 e. The third kappa shape index (κ3) is 3.36. The van der Waals surface area contributed by atoms with Crippen molar-refractivity contribution in [3.8, 4) is 11.5 Å². The van der Waals surface area contributed by atoms with Gasteiger partial charge < -0.3 is 14.8 Å². The first-order valence-corrected chi connectivity index (χ1v) is 9.46. The smallest absolute Gasteiger partial charge is 0.230 e. The van der Waals surface area contributed by atoms with Gasteiger partial charge in [-0.3, -0.25) is 4.79 Å². The molecule has 1 heterocycles. The second-order valence-electron chi connectivity index (χ2n) is 6.73. The maximum absolute atomic E-state index is 12.8. The summed E-state index contributed by atoms with van der Waals surface area (Å²) in [5.41, 5.74) is 1.47. The molecule has 2 aromatic rings. The Morgan fingerprint density at radius 2 is 1.81 bits per heavy atom. The summed E-state index contributed by atoms with van der Waals surface area (Å²) < 4.78 is 11.3. The van der Waals surface area contributed by atoms with Gasteiger partial charge in [0, 0.05) is 18.0 Å². The van der Waals surface area contributed by atoms with Crippen LogP contribution in [0.5, 0.6) is 11.5 Å². The normalized spacial score (nSPS) is 17.3. The van der Waals surface area contributed by atoms with E-state index in [1.807, 2.05) is 36.4 Å². The first kappa shape index (κ1) is 17.5. The number of nitrogens with one attached hydrogen (secondary N) is 1. The molecule has 4 nitrogen and oxygen atoms in total. The molecule has 0 spiro atoms. The lowest BCUT2D eigenvalue weighted by Crippen LogP contribution is -2.34. The molecule has 6 heteroatoms. The summed E-state index contributed by atoms with van der Waals surface area (Å²) in [5, 5.41) is 4.22. The van der Waals surface area contributed by atoms with Gasteiger partial charge in [-0.05, 0) is 48.2 Å². The maximum Gasteiger partial charge on any atom is 0.230 e. The number of carbonyl (C=O) groups is 1. The van der Waals surface area contributed by atoms with Crippen LogP contribution in [-0.2, 0) is 16.8 Å². The molecule has 26 heavy (non-hydrogen) atoms. The molecule has 136 valence electrons. The second-order valence-corrected chi connectivity index (χ2v) is 7.57. The SMILES string of the molecule is O=C(NCc1cc(Cl)c2c(c1)OCCCO2)C1(c2ccc(Cl)cc2)CC1. The summed E-state index contributed by atoms with van der Waals surface area (Å²) in [7, 11) is 0. The molecule has 0 bridgehead atoms. The fourth-order valence-corrected chi connectivity index (χ4v) is 3.69. The Morgan fingerprint density at radius 1 is 1.08 bits per heavy atom. The van der Waals surface area contributed by atoms with Crippen LogP contribution in [0.15, 0.2) is 36.4 Å². The highest BCUT2D eigenvalue weighted by Gasteiger charge is 2.51. The van der Waals surface area contributed by atoms with Gasteiger partial charge in [-0.2, -0.15) is 0 Å². The van der Waals surface area contributed by atoms with Gasteiger partial charge in [-0.25, -0.2) is 0 Å². The number of carbonyl (C=O) groups excluding carboxylic acids is 1. The van der Waals surface area contributed by atoms with E-state index in [1.54, 1.807) is 0 Å². The molecular formula is C20H19Cl2NO3. The average molecular weight is 392 g/mol. The molecule has 0 atom stereocenters. The highest BCUT2D eigenvalue weighted by molar-refractivity contribution is 6.32. The van der Waals surface area contributed by atoms with Gasteiger partial charge in [0.15, 0.2) is 11.5 Å². The Balaban J connectivity index is 1.47. The summed E-state index contributed by atoms with van der Waals surface area (Å²) in [6.45, 7) is 1.58. The fourth-order valence-electron chi connectivity index (χ4n) is 3.28. The van der Waals surface area contributed by atoms with Crippen molar-refractivity contribution >= 4 is 29.1 Å². The van der Waals surface area contributed by atoms with Gasteiger partial charge in [0.05, 0.1) is 23.7 Å². The van der Waals surface area contributed by atoms with Gasteiger partial charge in [-0.1, -0.05) is 35.3 Å². The number of halogens is 2. The van der Waals surface area contributed by atoms with Crippen molar-refractivity contribution in [1.82, 2.24) is 5.32 Å². The average Bonchev–Trinajstić information content (AvgIpc) is 3.45. The predicted octanol–water partition coefficient (Wildman–Crippen LogP) is 4.50. The van der Waals surface area contributed by atoms with E-state index < -0.39 is 5.41 Å². The molecule has 1 N–H and O–H groups in total. The first-order chi connectivity index (χ1) is 12.6. The number of hydrogen-bond donors (Lipinski definition) is 1. The quantitative estimate of drug-likeness (QED) is 0.834. The molecule has 2 aromatic carbocycles. The summed E-state index contributed by atoms with van der Waals surface area (Å²) in [6, 6.07) is 11.2. The highest BCUT2D eigenvalue weighted by atomic mass is 35.5. The van der Waals surface area contributed by atoms with E-state index >= 15 is 0 Å². The zero-order valence-electron chi connectivity index (χ0n) is 14.2. The number of amides is 1. The largest absolute Gasteiger partial charge is 0.489 e. The zero-order valence-corrected chi connectivity index (χ0v) is 15.7. The molecule has 0 unspecified atom stereocenters. The Morgan fingerprint density at radius 3 is 2.54 bits per heavy atom. The van der Waals surface area contributed by atoms with Gasteiger partial charge in [0.1, 0.15) is 0 Å². The lowest BCUT2D eigenvalue weighted by atomic mass is 9.95. The van der Waals surface area contributed by atoms with Crippen molar-refractivity contribution in [2.75, 3.05) is 13.2 Å². The van der Waals surface area contributed by atoms with Crippen molar-refractivity contribution in [3.63, 3.8) is 0 Å². The van der Waals surface area contributed by atoms with Crippen LogP contribution in [0, 0.1) is 0 Å². The standard InChI is InChI=1S/C20H19Cl2NO3/c21-15-4-2-14(3-5-15)20(6-7-20)19(24)23-12-13-10-16(22)18-17(11-13)25-8-1-9-26-18/h2-5,10-11H,1,6-9,12H2,(H,23,24). The molecule has 0 radical (unpaired) electrons. The number of ether oxygens (including phenoxy) is 2. The third-order valence-electron chi connectivity index (χ3n) is 4.90. The zero-order chi connectivity index (χ0) is 18.1. The number of benzene rings is 2. The van der Waals surface area contributed by atoms with Crippen molar-refractivity contribution in [2.24, 2.45) is 0 Å². The molecule has 4 rings (SSSR count). The minimum atomic E-state index is -0.431. The maximum atomic E-state index is 12.8. The number of fused-ring (bicyclic) bond motifs is 1. The van der Waals surface area contributed by atoms with Crippen molar-refractivity contribution in [1.29, 1.82) is 0 Å². The molecule has 1 saturated carbocycles. The van der Waals surface area contributed by atoms with Crippen LogP contribution in [0.1, 0.15) is 30.4 Å². The van der Waals surface area contributed by atoms with Crippen molar-refractivity contribution in [2.45, 2.75) is 31.2 Å². The van der Waals surface area contributed by atoms with Crippen molar-refractivity contribution in [3.05, 3.63) is 57.6 Å². The van der Waals surface area contributed by atoms with Crippen LogP contribution in [-0.4, -0.2) is 19.1 Å². The monoisotopic (exact) mass is 391 g/mol. The molecule has 0 saturated heterocycles. The van der Waals surface area contributed by atoms with Gasteiger partial charge >= 0.3 is 0 Å². The molecule has 1 aliphatic carbocycles. The van der Waals surface area contributed by atoms with E-state index in [1.165, 1.54) is 0 Å². The van der Waals surface area contributed by atoms with Crippen LogP contribution >= 0.6 is 23.2 Å². The number of rotatable bonds is 4. The molecule has 1 fully saturated rings. The van der Waals surface area contributed by atoms with Gasteiger partial charge in [-0.15, -0.1) is 0 Å². The lowest BCUT2D eigenvalue weighted by molar-refractivity contribution is -0.123. The molecule has 2 aliphatic rings. The summed E-state index contributed by atoms with van der Waals surface area (Å²) in [6.07, 6.45) is 2.52. The predicted molar refractivity (Wildman–Crippen MR) is 101 cm³/mol. The first-order valence-electron chi connectivity index (χ1n) is 8.71. The van der Waals surface area contributed by atoms with E-state index in [2.05, 4.69) is 5.32 Å². The van der Waals surface area contributed by atoms with Crippen LogP contribution in [0.25, 0.3) is 0 Å². The van der Waals surface area contributed by atoms with E-state index in [0.29, 0.717) is 41.3 Å². The van der Waals surface area contributed by atoms with Gasteiger partial charge in [0.2, 0.25) is 5.91 Å².